The molecular weight excluding hydrogens is 330 g/mol. The molecule has 2 amide bonds. The average Bonchev–Trinajstić information content (AvgIpc) is 3.41. The van der Waals surface area contributed by atoms with Crippen LogP contribution >= 0.6 is 0 Å². The van der Waals surface area contributed by atoms with Crippen LogP contribution in [0.2, 0.25) is 0 Å². The second kappa shape index (κ2) is 6.01. The Morgan fingerprint density at radius 2 is 2.12 bits per heavy atom. The van der Waals surface area contributed by atoms with Gasteiger partial charge in [-0.3, -0.25) is 10.4 Å². The highest BCUT2D eigenvalue weighted by Crippen LogP contribution is 2.41. The number of ether oxygens (including phenoxy) is 1. The first-order chi connectivity index (χ1) is 12.8. The lowest BCUT2D eigenvalue weighted by Crippen LogP contribution is -2.35. The number of hydrogen-bond donors (Lipinski definition) is 3. The normalized spacial score (nSPS) is 18.8. The van der Waals surface area contributed by atoms with Gasteiger partial charge in [-0.2, -0.15) is 5.10 Å². The van der Waals surface area contributed by atoms with Crippen molar-refractivity contribution >= 4 is 22.8 Å². The van der Waals surface area contributed by atoms with Crippen molar-refractivity contribution in [1.82, 2.24) is 20.5 Å². The minimum Gasteiger partial charge on any atom is -0.493 e. The van der Waals surface area contributed by atoms with Crippen LogP contribution in [0, 0.1) is 0 Å². The molecule has 0 bridgehead atoms. The lowest BCUT2D eigenvalue weighted by atomic mass is 10.0. The van der Waals surface area contributed by atoms with E-state index in [-0.39, 0.29) is 12.1 Å². The summed E-state index contributed by atoms with van der Waals surface area (Å²) in [7, 11) is 0. The molecule has 1 aromatic carbocycles. The molecule has 3 heterocycles. The third kappa shape index (κ3) is 2.75. The Hall–Kier alpha value is -3.09. The van der Waals surface area contributed by atoms with E-state index in [9.17, 15) is 4.79 Å². The number of pyridine rings is 1. The second-order valence-corrected chi connectivity index (χ2v) is 6.82. The van der Waals surface area contributed by atoms with E-state index in [0.29, 0.717) is 18.3 Å². The van der Waals surface area contributed by atoms with Gasteiger partial charge in [0.1, 0.15) is 11.6 Å². The van der Waals surface area contributed by atoms with Gasteiger partial charge in [-0.1, -0.05) is 18.2 Å². The molecule has 5 rings (SSSR count). The molecule has 3 aromatic rings. The molecule has 0 unspecified atom stereocenters. The van der Waals surface area contributed by atoms with Gasteiger partial charge in [-0.05, 0) is 18.9 Å². The van der Waals surface area contributed by atoms with Crippen LogP contribution in [0.1, 0.15) is 42.5 Å². The van der Waals surface area contributed by atoms with Crippen LogP contribution in [0.15, 0.2) is 36.5 Å². The highest BCUT2D eigenvalue weighted by atomic mass is 16.5. The minimum absolute atomic E-state index is 0.0719. The zero-order chi connectivity index (χ0) is 17.5. The number of anilines is 1. The van der Waals surface area contributed by atoms with Gasteiger partial charge >= 0.3 is 6.03 Å². The Bertz CT molecular complexity index is 979. The number of nitrogens with one attached hydrogen (secondary N) is 3. The van der Waals surface area contributed by atoms with Crippen molar-refractivity contribution < 1.29 is 9.53 Å². The van der Waals surface area contributed by atoms with Gasteiger partial charge in [-0.15, -0.1) is 0 Å². The first-order valence-electron chi connectivity index (χ1n) is 8.91. The standard InChI is InChI=1S/C19H19N5O2/c25-19(21-14-7-8-26-16-4-2-1-3-12(14)16)22-17-9-15-13(10-20-17)18(24-23-15)11-5-6-11/h1-4,9-11,14H,5-8H2,(H,23,24)(H2,20,21,22,25)/t14-/m1/s1. The Labute approximate surface area is 150 Å². The number of urea groups is 1. The first-order valence-corrected chi connectivity index (χ1v) is 8.91. The summed E-state index contributed by atoms with van der Waals surface area (Å²) < 4.78 is 5.63. The molecule has 7 heteroatoms. The zero-order valence-corrected chi connectivity index (χ0v) is 14.2. The molecule has 1 aliphatic carbocycles. The molecule has 1 saturated carbocycles. The molecule has 1 atom stereocenters. The topological polar surface area (TPSA) is 91.9 Å². The molecule has 0 radical (unpaired) electrons. The van der Waals surface area contributed by atoms with Crippen LogP contribution in [-0.2, 0) is 0 Å². The lowest BCUT2D eigenvalue weighted by Gasteiger charge is -2.26. The zero-order valence-electron chi connectivity index (χ0n) is 14.2. The minimum atomic E-state index is -0.277. The SMILES string of the molecule is O=C(Nc1cc2[nH]nc(C3CC3)c2cn1)N[C@@H]1CCOc2ccccc21. The molecule has 132 valence electrons. The summed E-state index contributed by atoms with van der Waals surface area (Å²) in [6.07, 6.45) is 4.90. The van der Waals surface area contributed by atoms with E-state index < -0.39 is 0 Å². The van der Waals surface area contributed by atoms with Crippen molar-refractivity contribution in [2.75, 3.05) is 11.9 Å². The predicted molar refractivity (Wildman–Crippen MR) is 97.3 cm³/mol. The molecule has 3 N–H and O–H groups in total. The van der Waals surface area contributed by atoms with E-state index >= 15 is 0 Å². The van der Waals surface area contributed by atoms with Gasteiger partial charge in [0, 0.05) is 35.6 Å². The van der Waals surface area contributed by atoms with Crippen LogP contribution in [0.25, 0.3) is 10.9 Å². The molecular formula is C19H19N5O2. The predicted octanol–water partition coefficient (Wildman–Crippen LogP) is 3.48. The van der Waals surface area contributed by atoms with Gasteiger partial charge in [0.15, 0.2) is 0 Å². The fourth-order valence-corrected chi connectivity index (χ4v) is 3.47. The Kier molecular flexibility index (Phi) is 3.51. The third-order valence-corrected chi connectivity index (χ3v) is 4.95. The molecule has 7 nitrogen and oxygen atoms in total. The van der Waals surface area contributed by atoms with E-state index in [1.807, 2.05) is 30.3 Å². The summed E-state index contributed by atoms with van der Waals surface area (Å²) in [6.45, 7) is 0.588. The second-order valence-electron chi connectivity index (χ2n) is 6.82. The van der Waals surface area contributed by atoms with E-state index in [1.165, 1.54) is 12.8 Å². The van der Waals surface area contributed by atoms with E-state index in [0.717, 1.165) is 34.3 Å². The fraction of sp³-hybridized carbons (Fsp3) is 0.316. The number of hydrogen-bond acceptors (Lipinski definition) is 4. The number of aromatic nitrogens is 3. The van der Waals surface area contributed by atoms with Crippen molar-refractivity contribution in [3.05, 3.63) is 47.8 Å². The molecule has 0 saturated heterocycles. The summed E-state index contributed by atoms with van der Waals surface area (Å²) in [4.78, 5) is 16.8. The molecule has 2 aromatic heterocycles. The summed E-state index contributed by atoms with van der Waals surface area (Å²) in [5.41, 5.74) is 2.98. The maximum atomic E-state index is 12.4. The number of para-hydroxylation sites is 1. The third-order valence-electron chi connectivity index (χ3n) is 4.95. The van der Waals surface area contributed by atoms with Crippen molar-refractivity contribution in [1.29, 1.82) is 0 Å². The van der Waals surface area contributed by atoms with Crippen molar-refractivity contribution in [3.63, 3.8) is 0 Å². The quantitative estimate of drug-likeness (QED) is 0.675. The fourth-order valence-electron chi connectivity index (χ4n) is 3.47. The van der Waals surface area contributed by atoms with Crippen LogP contribution in [0.4, 0.5) is 10.6 Å². The van der Waals surface area contributed by atoms with Gasteiger partial charge in [0.05, 0.1) is 23.9 Å². The number of H-pyrrole nitrogens is 1. The number of fused-ring (bicyclic) bond motifs is 2. The first kappa shape index (κ1) is 15.2. The number of amides is 2. The van der Waals surface area contributed by atoms with Gasteiger partial charge in [0.2, 0.25) is 0 Å². The number of aromatic amines is 1. The summed E-state index contributed by atoms with van der Waals surface area (Å²) in [6, 6.07) is 9.26. The van der Waals surface area contributed by atoms with Crippen LogP contribution < -0.4 is 15.4 Å². The number of carbonyl (C=O) groups is 1. The molecule has 1 fully saturated rings. The number of nitrogens with zero attached hydrogens (tertiary/aromatic N) is 2. The Morgan fingerprint density at radius 3 is 3.00 bits per heavy atom. The summed E-state index contributed by atoms with van der Waals surface area (Å²) in [5.74, 6) is 1.89. The van der Waals surface area contributed by atoms with Gasteiger partial charge in [-0.25, -0.2) is 9.78 Å². The van der Waals surface area contributed by atoms with E-state index in [2.05, 4.69) is 25.8 Å². The average molecular weight is 349 g/mol. The van der Waals surface area contributed by atoms with Gasteiger partial charge < -0.3 is 10.1 Å². The Balaban J connectivity index is 1.31. The van der Waals surface area contributed by atoms with Crippen molar-refractivity contribution in [2.24, 2.45) is 0 Å². The summed E-state index contributed by atoms with van der Waals surface area (Å²) in [5, 5.41) is 14.3. The number of carbonyl (C=O) groups excluding carboxylic acids is 1. The number of rotatable bonds is 3. The Morgan fingerprint density at radius 1 is 1.23 bits per heavy atom. The molecule has 1 aliphatic heterocycles. The largest absolute Gasteiger partial charge is 0.493 e. The van der Waals surface area contributed by atoms with E-state index in [1.54, 1.807) is 6.20 Å². The van der Waals surface area contributed by atoms with Crippen molar-refractivity contribution in [3.8, 4) is 5.75 Å². The smallest absolute Gasteiger partial charge is 0.320 e. The van der Waals surface area contributed by atoms with Gasteiger partial charge in [0.25, 0.3) is 0 Å². The molecule has 2 aliphatic rings. The van der Waals surface area contributed by atoms with Crippen molar-refractivity contribution in [2.45, 2.75) is 31.2 Å². The molecule has 0 spiro atoms. The highest BCUT2D eigenvalue weighted by molar-refractivity contribution is 5.91. The maximum Gasteiger partial charge on any atom is 0.320 e. The van der Waals surface area contributed by atoms with Crippen LogP contribution in [0.5, 0.6) is 5.75 Å². The maximum absolute atomic E-state index is 12.4. The molecule has 26 heavy (non-hydrogen) atoms. The monoisotopic (exact) mass is 349 g/mol. The highest BCUT2D eigenvalue weighted by Gasteiger charge is 2.28. The lowest BCUT2D eigenvalue weighted by molar-refractivity contribution is 0.232. The van der Waals surface area contributed by atoms with E-state index in [4.69, 9.17) is 4.74 Å². The van der Waals surface area contributed by atoms with Crippen LogP contribution in [-0.4, -0.2) is 27.8 Å². The van der Waals surface area contributed by atoms with Crippen LogP contribution in [0.3, 0.4) is 0 Å². The summed E-state index contributed by atoms with van der Waals surface area (Å²) >= 11 is 0. The number of benzene rings is 1.